The zero-order valence-electron chi connectivity index (χ0n) is 9.78. The van der Waals surface area contributed by atoms with Gasteiger partial charge < -0.3 is 10.8 Å². The first-order chi connectivity index (χ1) is 7.41. The van der Waals surface area contributed by atoms with Gasteiger partial charge in [-0.25, -0.2) is 0 Å². The van der Waals surface area contributed by atoms with Crippen molar-refractivity contribution in [3.63, 3.8) is 0 Å². The van der Waals surface area contributed by atoms with Crippen molar-refractivity contribution >= 4 is 16.6 Å². The highest BCUT2D eigenvalue weighted by Crippen LogP contribution is 2.35. The van der Waals surface area contributed by atoms with Crippen LogP contribution in [0, 0.1) is 0 Å². The van der Waals surface area contributed by atoms with Crippen molar-refractivity contribution in [3.8, 4) is 5.75 Å². The van der Waals surface area contributed by atoms with Crippen molar-refractivity contribution in [3.05, 3.63) is 30.0 Å². The Hall–Kier alpha value is -1.77. The lowest BCUT2D eigenvalue weighted by Crippen LogP contribution is -2.15. The van der Waals surface area contributed by atoms with E-state index in [4.69, 9.17) is 5.73 Å². The second-order valence-corrected chi connectivity index (χ2v) is 5.01. The first-order valence-electron chi connectivity index (χ1n) is 5.28. The van der Waals surface area contributed by atoms with Gasteiger partial charge in [-0.2, -0.15) is 0 Å². The third kappa shape index (κ3) is 1.58. The number of aromatic hydroxyl groups is 1. The topological polar surface area (TPSA) is 59.1 Å². The third-order valence-corrected chi connectivity index (χ3v) is 2.66. The van der Waals surface area contributed by atoms with Crippen LogP contribution in [-0.2, 0) is 5.41 Å². The number of hydrogen-bond donors (Lipinski definition) is 2. The number of fused-ring (bicyclic) bond motifs is 1. The molecule has 0 aliphatic carbocycles. The summed E-state index contributed by atoms with van der Waals surface area (Å²) in [4.78, 5) is 4.18. The number of hydrogen-bond acceptors (Lipinski definition) is 3. The van der Waals surface area contributed by atoms with Crippen LogP contribution in [0.15, 0.2) is 24.4 Å². The number of phenolic OH excluding ortho intramolecular Hbond substituents is 1. The molecule has 0 aliphatic heterocycles. The van der Waals surface area contributed by atoms with Crippen molar-refractivity contribution in [1.29, 1.82) is 0 Å². The minimum absolute atomic E-state index is 0.0704. The second-order valence-electron chi connectivity index (χ2n) is 5.01. The van der Waals surface area contributed by atoms with Gasteiger partial charge in [0.05, 0.1) is 11.9 Å². The number of rotatable bonds is 0. The van der Waals surface area contributed by atoms with Crippen LogP contribution < -0.4 is 5.73 Å². The molecule has 0 radical (unpaired) electrons. The zero-order chi connectivity index (χ0) is 11.9. The molecule has 0 atom stereocenters. The van der Waals surface area contributed by atoms with E-state index in [1.165, 1.54) is 0 Å². The number of aromatic nitrogens is 1. The molecule has 1 aromatic heterocycles. The van der Waals surface area contributed by atoms with Gasteiger partial charge in [-0.1, -0.05) is 32.9 Å². The number of phenols is 1. The highest BCUT2D eigenvalue weighted by atomic mass is 16.3. The summed E-state index contributed by atoms with van der Waals surface area (Å²) < 4.78 is 0. The normalized spacial score (nSPS) is 11.9. The number of nitrogens with zero attached hydrogens (tertiary/aromatic N) is 1. The maximum Gasteiger partial charge on any atom is 0.141 e. The molecule has 0 bridgehead atoms. The van der Waals surface area contributed by atoms with E-state index >= 15 is 0 Å². The molecular formula is C13H16N2O. The number of anilines is 1. The number of pyridine rings is 1. The van der Waals surface area contributed by atoms with Crippen molar-refractivity contribution < 1.29 is 5.11 Å². The Labute approximate surface area is 94.9 Å². The number of nitrogens with two attached hydrogens (primary N) is 1. The van der Waals surface area contributed by atoms with E-state index in [-0.39, 0.29) is 11.2 Å². The Balaban J connectivity index is 2.91. The van der Waals surface area contributed by atoms with Crippen LogP contribution >= 0.6 is 0 Å². The molecule has 3 nitrogen and oxygen atoms in total. The van der Waals surface area contributed by atoms with Crippen molar-refractivity contribution in [1.82, 2.24) is 4.98 Å². The van der Waals surface area contributed by atoms with E-state index in [1.54, 1.807) is 12.3 Å². The van der Waals surface area contributed by atoms with Crippen LogP contribution in [0.5, 0.6) is 5.75 Å². The largest absolute Gasteiger partial charge is 0.506 e. The van der Waals surface area contributed by atoms with Crippen molar-refractivity contribution in [2.45, 2.75) is 26.2 Å². The summed E-state index contributed by atoms with van der Waals surface area (Å²) in [5.74, 6) is 0.197. The van der Waals surface area contributed by atoms with E-state index in [1.807, 2.05) is 12.1 Å². The van der Waals surface area contributed by atoms with Gasteiger partial charge in [-0.3, -0.25) is 4.98 Å². The van der Waals surface area contributed by atoms with Crippen LogP contribution in [-0.4, -0.2) is 10.1 Å². The third-order valence-electron chi connectivity index (χ3n) is 2.66. The van der Waals surface area contributed by atoms with E-state index in [0.29, 0.717) is 11.2 Å². The Kier molecular flexibility index (Phi) is 2.26. The molecule has 0 fully saturated rings. The number of nitrogen functional groups attached to an aromatic ring is 1. The first-order valence-corrected chi connectivity index (χ1v) is 5.28. The van der Waals surface area contributed by atoms with Gasteiger partial charge in [0.1, 0.15) is 11.3 Å². The summed E-state index contributed by atoms with van der Waals surface area (Å²) in [5, 5.41) is 10.7. The van der Waals surface area contributed by atoms with Crippen LogP contribution in [0.4, 0.5) is 5.69 Å². The van der Waals surface area contributed by atoms with Crippen LogP contribution in [0.25, 0.3) is 10.9 Å². The Bertz CT molecular complexity index is 541. The Morgan fingerprint density at radius 3 is 2.56 bits per heavy atom. The molecule has 1 aromatic carbocycles. The van der Waals surface area contributed by atoms with E-state index in [9.17, 15) is 5.11 Å². The molecule has 0 unspecified atom stereocenters. The highest BCUT2D eigenvalue weighted by molar-refractivity contribution is 5.91. The summed E-state index contributed by atoms with van der Waals surface area (Å²) in [6.45, 7) is 6.30. The lowest BCUT2D eigenvalue weighted by molar-refractivity contribution is 0.480. The van der Waals surface area contributed by atoms with E-state index in [2.05, 4.69) is 25.8 Å². The molecule has 3 N–H and O–H groups in total. The summed E-state index contributed by atoms with van der Waals surface area (Å²) in [5.41, 5.74) is 8.23. The molecule has 84 valence electrons. The Morgan fingerprint density at radius 1 is 1.25 bits per heavy atom. The van der Waals surface area contributed by atoms with Crippen LogP contribution in [0.1, 0.15) is 26.3 Å². The Morgan fingerprint density at radius 2 is 1.94 bits per heavy atom. The smallest absolute Gasteiger partial charge is 0.141 e. The second kappa shape index (κ2) is 3.37. The van der Waals surface area contributed by atoms with Gasteiger partial charge in [-0.15, -0.1) is 0 Å². The molecule has 0 aliphatic rings. The van der Waals surface area contributed by atoms with E-state index < -0.39 is 0 Å². The van der Waals surface area contributed by atoms with Gasteiger partial charge in [-0.05, 0) is 17.0 Å². The lowest BCUT2D eigenvalue weighted by Gasteiger charge is -2.23. The van der Waals surface area contributed by atoms with Gasteiger partial charge in [0.15, 0.2) is 0 Å². The summed E-state index contributed by atoms with van der Waals surface area (Å²) in [6, 6.07) is 5.39. The average Bonchev–Trinajstić information content (AvgIpc) is 2.15. The molecule has 16 heavy (non-hydrogen) atoms. The van der Waals surface area contributed by atoms with Crippen molar-refractivity contribution in [2.24, 2.45) is 0 Å². The first kappa shape index (κ1) is 10.7. The lowest BCUT2D eigenvalue weighted by atomic mass is 9.84. The number of benzene rings is 1. The minimum atomic E-state index is -0.0704. The highest BCUT2D eigenvalue weighted by Gasteiger charge is 2.21. The zero-order valence-corrected chi connectivity index (χ0v) is 9.78. The summed E-state index contributed by atoms with van der Waals surface area (Å²) in [6.07, 6.45) is 1.61. The predicted octanol–water partition coefficient (Wildman–Crippen LogP) is 2.82. The van der Waals surface area contributed by atoms with Gasteiger partial charge in [0, 0.05) is 5.39 Å². The standard InChI is InChI=1S/C13H16N2O/c1-13(2,3)11-8-5-4-6-10(16)12(8)15-7-9(11)14/h4-7,16H,14H2,1-3H3. The van der Waals surface area contributed by atoms with Gasteiger partial charge in [0.25, 0.3) is 0 Å². The maximum atomic E-state index is 9.75. The molecular weight excluding hydrogens is 200 g/mol. The minimum Gasteiger partial charge on any atom is -0.506 e. The fraction of sp³-hybridized carbons (Fsp3) is 0.308. The fourth-order valence-electron chi connectivity index (χ4n) is 2.06. The molecule has 0 saturated heterocycles. The molecule has 0 spiro atoms. The molecule has 2 aromatic rings. The maximum absolute atomic E-state index is 9.75. The number of para-hydroxylation sites is 1. The quantitative estimate of drug-likeness (QED) is 0.712. The average molecular weight is 216 g/mol. The molecule has 3 heteroatoms. The van der Waals surface area contributed by atoms with Crippen LogP contribution in [0.3, 0.4) is 0 Å². The molecule has 0 saturated carbocycles. The van der Waals surface area contributed by atoms with E-state index in [0.717, 1.165) is 10.9 Å². The fourth-order valence-corrected chi connectivity index (χ4v) is 2.06. The van der Waals surface area contributed by atoms with Crippen LogP contribution in [0.2, 0.25) is 0 Å². The SMILES string of the molecule is CC(C)(C)c1c(N)cnc2c(O)cccc12. The summed E-state index contributed by atoms with van der Waals surface area (Å²) >= 11 is 0. The monoisotopic (exact) mass is 216 g/mol. The molecule has 2 rings (SSSR count). The predicted molar refractivity (Wildman–Crippen MR) is 66.5 cm³/mol. The molecule has 0 amide bonds. The van der Waals surface area contributed by atoms with Gasteiger partial charge >= 0.3 is 0 Å². The van der Waals surface area contributed by atoms with Crippen molar-refractivity contribution in [2.75, 3.05) is 5.73 Å². The molecule has 1 heterocycles. The van der Waals surface area contributed by atoms with Gasteiger partial charge in [0.2, 0.25) is 0 Å². The summed E-state index contributed by atoms with van der Waals surface area (Å²) in [7, 11) is 0.